The molecule has 0 saturated carbocycles. The smallest absolute Gasteiger partial charge is 0.231 e. The van der Waals surface area contributed by atoms with Crippen molar-refractivity contribution in [2.45, 2.75) is 12.8 Å². The van der Waals surface area contributed by atoms with Crippen LogP contribution < -0.4 is 9.47 Å². The zero-order chi connectivity index (χ0) is 11.5. The molecule has 0 radical (unpaired) electrons. The topological polar surface area (TPSA) is 31.4 Å². The van der Waals surface area contributed by atoms with Crippen molar-refractivity contribution in [3.8, 4) is 11.5 Å². The number of rotatable bonds is 3. The van der Waals surface area contributed by atoms with Crippen LogP contribution in [0.3, 0.4) is 0 Å². The molecule has 0 spiro atoms. The molecule has 0 saturated heterocycles. The molecule has 0 unspecified atom stereocenters. The number of aromatic nitrogens is 1. The fourth-order valence-corrected chi connectivity index (χ4v) is 1.93. The van der Waals surface area contributed by atoms with Crippen molar-refractivity contribution in [3.63, 3.8) is 0 Å². The van der Waals surface area contributed by atoms with Gasteiger partial charge in [-0.15, -0.1) is 0 Å². The van der Waals surface area contributed by atoms with Gasteiger partial charge in [-0.3, -0.25) is 4.98 Å². The molecule has 0 N–H and O–H groups in total. The monoisotopic (exact) mass is 227 g/mol. The number of fused-ring (bicyclic) bond motifs is 1. The SMILES string of the molecule is c1cc(CCc2ccc3c(c2)OCO3)ccn1. The molecule has 0 fully saturated rings. The van der Waals surface area contributed by atoms with E-state index >= 15 is 0 Å². The first kappa shape index (κ1) is 10.1. The molecule has 86 valence electrons. The zero-order valence-electron chi connectivity index (χ0n) is 9.43. The molecule has 3 rings (SSSR count). The van der Waals surface area contributed by atoms with E-state index in [-0.39, 0.29) is 0 Å². The quantitative estimate of drug-likeness (QED) is 0.807. The van der Waals surface area contributed by atoms with Gasteiger partial charge in [-0.1, -0.05) is 6.07 Å². The predicted octanol–water partition coefficient (Wildman–Crippen LogP) is 2.60. The Hall–Kier alpha value is -2.03. The summed E-state index contributed by atoms with van der Waals surface area (Å²) in [6, 6.07) is 10.2. The van der Waals surface area contributed by atoms with Crippen molar-refractivity contribution in [2.24, 2.45) is 0 Å². The number of ether oxygens (including phenoxy) is 2. The lowest BCUT2D eigenvalue weighted by Crippen LogP contribution is -1.93. The molecule has 0 atom stereocenters. The number of hydrogen-bond acceptors (Lipinski definition) is 3. The van der Waals surface area contributed by atoms with Crippen LogP contribution in [-0.2, 0) is 12.8 Å². The predicted molar refractivity (Wildman–Crippen MR) is 64.2 cm³/mol. The highest BCUT2D eigenvalue weighted by Crippen LogP contribution is 2.32. The number of hydrogen-bond donors (Lipinski definition) is 0. The normalized spacial score (nSPS) is 12.7. The van der Waals surface area contributed by atoms with E-state index in [9.17, 15) is 0 Å². The van der Waals surface area contributed by atoms with Crippen LogP contribution in [0.1, 0.15) is 11.1 Å². The summed E-state index contributed by atoms with van der Waals surface area (Å²) in [4.78, 5) is 4.01. The maximum absolute atomic E-state index is 5.36. The molecule has 2 heterocycles. The molecule has 2 aromatic rings. The van der Waals surface area contributed by atoms with E-state index in [0.717, 1.165) is 24.3 Å². The lowest BCUT2D eigenvalue weighted by atomic mass is 10.1. The van der Waals surface area contributed by atoms with Gasteiger partial charge in [0.05, 0.1) is 0 Å². The average molecular weight is 227 g/mol. The maximum Gasteiger partial charge on any atom is 0.231 e. The molecule has 3 nitrogen and oxygen atoms in total. The standard InChI is InChI=1S/C14H13NO2/c1(11-5-7-15-8-6-11)2-12-3-4-13-14(9-12)17-10-16-13/h3-9H,1-2,10H2. The van der Waals surface area contributed by atoms with Gasteiger partial charge < -0.3 is 9.47 Å². The van der Waals surface area contributed by atoms with Crippen LogP contribution in [0, 0.1) is 0 Å². The fourth-order valence-electron chi connectivity index (χ4n) is 1.93. The van der Waals surface area contributed by atoms with Gasteiger partial charge in [0.1, 0.15) is 0 Å². The second-order valence-electron chi connectivity index (χ2n) is 4.04. The summed E-state index contributed by atoms with van der Waals surface area (Å²) in [5.41, 5.74) is 2.57. The summed E-state index contributed by atoms with van der Waals surface area (Å²) in [5.74, 6) is 1.70. The molecule has 3 heteroatoms. The highest BCUT2D eigenvalue weighted by molar-refractivity contribution is 5.44. The summed E-state index contributed by atoms with van der Waals surface area (Å²) < 4.78 is 10.6. The number of benzene rings is 1. The van der Waals surface area contributed by atoms with Crippen molar-refractivity contribution in [1.82, 2.24) is 4.98 Å². The summed E-state index contributed by atoms with van der Waals surface area (Å²) in [6.45, 7) is 0.336. The Kier molecular flexibility index (Phi) is 2.66. The maximum atomic E-state index is 5.36. The van der Waals surface area contributed by atoms with E-state index in [2.05, 4.69) is 17.1 Å². The van der Waals surface area contributed by atoms with Gasteiger partial charge in [0.2, 0.25) is 6.79 Å². The first-order chi connectivity index (χ1) is 8.42. The summed E-state index contributed by atoms with van der Waals surface area (Å²) >= 11 is 0. The first-order valence-corrected chi connectivity index (χ1v) is 5.69. The Bertz CT molecular complexity index is 511. The third kappa shape index (κ3) is 2.23. The van der Waals surface area contributed by atoms with Crippen LogP contribution in [0.5, 0.6) is 11.5 Å². The van der Waals surface area contributed by atoms with Crippen molar-refractivity contribution in [3.05, 3.63) is 53.9 Å². The van der Waals surface area contributed by atoms with Gasteiger partial charge >= 0.3 is 0 Å². The van der Waals surface area contributed by atoms with Gasteiger partial charge in [0, 0.05) is 12.4 Å². The van der Waals surface area contributed by atoms with E-state index in [1.807, 2.05) is 30.6 Å². The van der Waals surface area contributed by atoms with Crippen LogP contribution >= 0.6 is 0 Å². The summed E-state index contributed by atoms with van der Waals surface area (Å²) in [5, 5.41) is 0. The van der Waals surface area contributed by atoms with E-state index in [1.54, 1.807) is 0 Å². The Morgan fingerprint density at radius 3 is 2.53 bits per heavy atom. The van der Waals surface area contributed by atoms with Crippen molar-refractivity contribution in [1.29, 1.82) is 0 Å². The molecule has 1 aliphatic heterocycles. The van der Waals surface area contributed by atoms with Gasteiger partial charge in [-0.2, -0.15) is 0 Å². The van der Waals surface area contributed by atoms with Gasteiger partial charge in [-0.25, -0.2) is 0 Å². The average Bonchev–Trinajstić information content (AvgIpc) is 2.85. The lowest BCUT2D eigenvalue weighted by molar-refractivity contribution is 0.174. The summed E-state index contributed by atoms with van der Waals surface area (Å²) in [7, 11) is 0. The van der Waals surface area contributed by atoms with E-state index in [0.29, 0.717) is 6.79 Å². The minimum absolute atomic E-state index is 0.336. The minimum Gasteiger partial charge on any atom is -0.454 e. The van der Waals surface area contributed by atoms with Crippen LogP contribution in [0.25, 0.3) is 0 Å². The molecular formula is C14H13NO2. The van der Waals surface area contributed by atoms with Crippen molar-refractivity contribution >= 4 is 0 Å². The second kappa shape index (κ2) is 4.45. The Balaban J connectivity index is 1.70. The molecule has 17 heavy (non-hydrogen) atoms. The molecular weight excluding hydrogens is 214 g/mol. The van der Waals surface area contributed by atoms with Gasteiger partial charge in [0.25, 0.3) is 0 Å². The van der Waals surface area contributed by atoms with Crippen LogP contribution in [-0.4, -0.2) is 11.8 Å². The van der Waals surface area contributed by atoms with E-state index < -0.39 is 0 Å². The lowest BCUT2D eigenvalue weighted by Gasteiger charge is -2.03. The highest BCUT2D eigenvalue weighted by atomic mass is 16.7. The molecule has 0 aliphatic carbocycles. The Labute approximate surface area is 100 Å². The van der Waals surface area contributed by atoms with Crippen molar-refractivity contribution in [2.75, 3.05) is 6.79 Å². The Morgan fingerprint density at radius 1 is 0.882 bits per heavy atom. The fraction of sp³-hybridized carbons (Fsp3) is 0.214. The number of nitrogens with zero attached hydrogens (tertiary/aromatic N) is 1. The third-order valence-electron chi connectivity index (χ3n) is 2.89. The third-order valence-corrected chi connectivity index (χ3v) is 2.89. The highest BCUT2D eigenvalue weighted by Gasteiger charge is 2.12. The first-order valence-electron chi connectivity index (χ1n) is 5.69. The molecule has 1 aromatic carbocycles. The van der Waals surface area contributed by atoms with Crippen LogP contribution in [0.15, 0.2) is 42.7 Å². The largest absolute Gasteiger partial charge is 0.454 e. The summed E-state index contributed by atoms with van der Waals surface area (Å²) in [6.07, 6.45) is 5.67. The molecule has 1 aliphatic rings. The minimum atomic E-state index is 0.336. The zero-order valence-corrected chi connectivity index (χ0v) is 9.43. The van der Waals surface area contributed by atoms with Gasteiger partial charge in [0.15, 0.2) is 11.5 Å². The van der Waals surface area contributed by atoms with Crippen molar-refractivity contribution < 1.29 is 9.47 Å². The van der Waals surface area contributed by atoms with Gasteiger partial charge in [-0.05, 0) is 48.2 Å². The molecule has 0 bridgehead atoms. The second-order valence-corrected chi connectivity index (χ2v) is 4.04. The van der Waals surface area contributed by atoms with Crippen LogP contribution in [0.4, 0.5) is 0 Å². The number of aryl methyl sites for hydroxylation is 2. The van der Waals surface area contributed by atoms with E-state index in [4.69, 9.17) is 9.47 Å². The van der Waals surface area contributed by atoms with Crippen LogP contribution in [0.2, 0.25) is 0 Å². The van der Waals surface area contributed by atoms with E-state index in [1.165, 1.54) is 11.1 Å². The molecule has 1 aromatic heterocycles. The Morgan fingerprint density at radius 2 is 1.65 bits per heavy atom. The number of pyridine rings is 1. The molecule has 0 amide bonds.